The lowest BCUT2D eigenvalue weighted by atomic mass is 10.0. The van der Waals surface area contributed by atoms with Crippen molar-refractivity contribution in [3.05, 3.63) is 72.1 Å². The topological polar surface area (TPSA) is 82.4 Å². The number of esters is 1. The predicted octanol–water partition coefficient (Wildman–Crippen LogP) is 3.78. The van der Waals surface area contributed by atoms with Gasteiger partial charge < -0.3 is 14.8 Å². The van der Waals surface area contributed by atoms with Crippen molar-refractivity contribution in [3.63, 3.8) is 0 Å². The first-order chi connectivity index (χ1) is 15.1. The summed E-state index contributed by atoms with van der Waals surface area (Å²) < 4.78 is 12.9. The Kier molecular flexibility index (Phi) is 6.27. The number of benzene rings is 2. The van der Waals surface area contributed by atoms with E-state index in [1.807, 2.05) is 60.9 Å². The molecular weight excluding hydrogens is 414 g/mol. The van der Waals surface area contributed by atoms with Crippen molar-refractivity contribution in [2.24, 2.45) is 0 Å². The molecule has 2 aromatic carbocycles. The molecule has 1 aromatic heterocycles. The number of imidazole rings is 1. The standard InChI is InChI=1S/C23H23N3O4S/c1-15(21(27)25-18-12-13-29-20-11-7-6-10-17(18)20)30-22(28)19-14-24-23(31-2)26(19)16-8-4-3-5-9-16/h3-11,14-15,18H,12-13H2,1-2H3,(H,25,27). The van der Waals surface area contributed by atoms with Crippen molar-refractivity contribution in [1.82, 2.24) is 14.9 Å². The highest BCUT2D eigenvalue weighted by Gasteiger charge is 2.28. The van der Waals surface area contributed by atoms with Crippen LogP contribution in [0, 0.1) is 0 Å². The van der Waals surface area contributed by atoms with Crippen molar-refractivity contribution in [2.45, 2.75) is 30.6 Å². The number of fused-ring (bicyclic) bond motifs is 1. The molecule has 3 aromatic rings. The molecule has 0 bridgehead atoms. The van der Waals surface area contributed by atoms with E-state index in [1.54, 1.807) is 11.5 Å². The monoisotopic (exact) mass is 437 g/mol. The zero-order chi connectivity index (χ0) is 21.8. The third kappa shape index (κ3) is 4.44. The number of amides is 1. The molecule has 31 heavy (non-hydrogen) atoms. The van der Waals surface area contributed by atoms with Crippen molar-refractivity contribution < 1.29 is 19.1 Å². The van der Waals surface area contributed by atoms with Crippen molar-refractivity contribution in [1.29, 1.82) is 0 Å². The van der Waals surface area contributed by atoms with Crippen molar-refractivity contribution in [3.8, 4) is 11.4 Å². The smallest absolute Gasteiger partial charge is 0.357 e. The molecule has 1 aliphatic rings. The number of nitrogens with zero attached hydrogens (tertiary/aromatic N) is 2. The van der Waals surface area contributed by atoms with Crippen LogP contribution in [-0.4, -0.2) is 40.4 Å². The van der Waals surface area contributed by atoms with E-state index in [2.05, 4.69) is 10.3 Å². The molecule has 1 N–H and O–H groups in total. The fourth-order valence-corrected chi connectivity index (χ4v) is 4.05. The molecule has 0 spiro atoms. The summed E-state index contributed by atoms with van der Waals surface area (Å²) in [5, 5.41) is 3.63. The molecule has 0 radical (unpaired) electrons. The molecule has 1 amide bonds. The number of nitrogens with one attached hydrogen (secondary N) is 1. The van der Waals surface area contributed by atoms with E-state index in [0.29, 0.717) is 18.2 Å². The van der Waals surface area contributed by atoms with Crippen LogP contribution in [0.5, 0.6) is 5.75 Å². The lowest BCUT2D eigenvalue weighted by molar-refractivity contribution is -0.130. The maximum Gasteiger partial charge on any atom is 0.357 e. The maximum atomic E-state index is 12.9. The van der Waals surface area contributed by atoms with Crippen LogP contribution in [-0.2, 0) is 9.53 Å². The quantitative estimate of drug-likeness (QED) is 0.467. The summed E-state index contributed by atoms with van der Waals surface area (Å²) in [6, 6.07) is 16.9. The van der Waals surface area contributed by atoms with E-state index >= 15 is 0 Å². The Labute approximate surface area is 184 Å². The number of carbonyl (C=O) groups is 2. The Bertz CT molecular complexity index is 1080. The van der Waals surface area contributed by atoms with Gasteiger partial charge in [0.15, 0.2) is 17.0 Å². The molecule has 0 fully saturated rings. The first-order valence-corrected chi connectivity index (χ1v) is 11.2. The summed E-state index contributed by atoms with van der Waals surface area (Å²) in [6.45, 7) is 2.08. The predicted molar refractivity (Wildman–Crippen MR) is 118 cm³/mol. The third-order valence-corrected chi connectivity index (χ3v) is 5.72. The van der Waals surface area contributed by atoms with Crippen LogP contribution in [0.3, 0.4) is 0 Å². The maximum absolute atomic E-state index is 12.9. The molecule has 0 saturated heterocycles. The van der Waals surface area contributed by atoms with Crippen LogP contribution in [0.15, 0.2) is 66.0 Å². The zero-order valence-electron chi connectivity index (χ0n) is 17.3. The van der Waals surface area contributed by atoms with Gasteiger partial charge in [-0.15, -0.1) is 0 Å². The Hall–Kier alpha value is -3.26. The zero-order valence-corrected chi connectivity index (χ0v) is 18.1. The van der Waals surface area contributed by atoms with Crippen molar-refractivity contribution in [2.75, 3.05) is 12.9 Å². The normalized spacial score (nSPS) is 16.0. The van der Waals surface area contributed by atoms with E-state index in [9.17, 15) is 9.59 Å². The summed E-state index contributed by atoms with van der Waals surface area (Å²) in [7, 11) is 0. The average molecular weight is 438 g/mol. The second-order valence-electron chi connectivity index (χ2n) is 7.08. The SMILES string of the molecule is CSc1ncc(C(=O)OC(C)C(=O)NC2CCOc3ccccc32)n1-c1ccccc1. The second-order valence-corrected chi connectivity index (χ2v) is 7.86. The lowest BCUT2D eigenvalue weighted by Gasteiger charge is -2.27. The molecule has 2 heterocycles. The minimum absolute atomic E-state index is 0.184. The highest BCUT2D eigenvalue weighted by atomic mass is 32.2. The molecule has 0 aliphatic carbocycles. The Balaban J connectivity index is 1.47. The highest BCUT2D eigenvalue weighted by molar-refractivity contribution is 7.98. The summed E-state index contributed by atoms with van der Waals surface area (Å²) in [4.78, 5) is 29.9. The van der Waals surface area contributed by atoms with E-state index < -0.39 is 12.1 Å². The Morgan fingerprint density at radius 2 is 1.94 bits per heavy atom. The molecule has 7 nitrogen and oxygen atoms in total. The van der Waals surface area contributed by atoms with Gasteiger partial charge in [-0.05, 0) is 31.4 Å². The van der Waals surface area contributed by atoms with Crippen LogP contribution in [0.2, 0.25) is 0 Å². The number of aromatic nitrogens is 2. The molecule has 2 atom stereocenters. The first kappa shape index (κ1) is 21.0. The fraction of sp³-hybridized carbons (Fsp3) is 0.261. The number of carbonyl (C=O) groups excluding carboxylic acids is 2. The van der Waals surface area contributed by atoms with Crippen LogP contribution in [0.25, 0.3) is 5.69 Å². The van der Waals surface area contributed by atoms with Gasteiger partial charge >= 0.3 is 5.97 Å². The summed E-state index contributed by atoms with van der Waals surface area (Å²) >= 11 is 1.42. The van der Waals surface area contributed by atoms with Crippen LogP contribution in [0.1, 0.15) is 35.4 Å². The Morgan fingerprint density at radius 3 is 2.71 bits per heavy atom. The molecule has 8 heteroatoms. The minimum atomic E-state index is -0.959. The summed E-state index contributed by atoms with van der Waals surface area (Å²) in [5.74, 6) is -0.197. The third-order valence-electron chi connectivity index (χ3n) is 5.06. The van der Waals surface area contributed by atoms with Gasteiger partial charge in [0.05, 0.1) is 18.8 Å². The molecule has 4 rings (SSSR count). The minimum Gasteiger partial charge on any atom is -0.493 e. The van der Waals surface area contributed by atoms with E-state index in [0.717, 1.165) is 17.0 Å². The van der Waals surface area contributed by atoms with Gasteiger partial charge in [0.2, 0.25) is 0 Å². The van der Waals surface area contributed by atoms with Gasteiger partial charge in [-0.2, -0.15) is 0 Å². The van der Waals surface area contributed by atoms with E-state index in [4.69, 9.17) is 9.47 Å². The number of thioether (sulfide) groups is 1. The van der Waals surface area contributed by atoms with Crippen LogP contribution < -0.4 is 10.1 Å². The molecule has 1 aliphatic heterocycles. The van der Waals surface area contributed by atoms with Gasteiger partial charge in [-0.1, -0.05) is 48.2 Å². The van der Waals surface area contributed by atoms with Gasteiger partial charge in [0, 0.05) is 17.7 Å². The highest BCUT2D eigenvalue weighted by Crippen LogP contribution is 2.31. The number of ether oxygens (including phenoxy) is 2. The van der Waals surface area contributed by atoms with E-state index in [1.165, 1.54) is 18.0 Å². The van der Waals surface area contributed by atoms with Crippen LogP contribution in [0.4, 0.5) is 0 Å². The molecule has 160 valence electrons. The number of hydrogen-bond acceptors (Lipinski definition) is 6. The lowest BCUT2D eigenvalue weighted by Crippen LogP contribution is -2.39. The van der Waals surface area contributed by atoms with Crippen LogP contribution >= 0.6 is 11.8 Å². The number of hydrogen-bond donors (Lipinski definition) is 1. The number of rotatable bonds is 6. The van der Waals surface area contributed by atoms with Crippen molar-refractivity contribution >= 4 is 23.6 Å². The van der Waals surface area contributed by atoms with Gasteiger partial charge in [-0.25, -0.2) is 9.78 Å². The molecule has 2 unspecified atom stereocenters. The van der Waals surface area contributed by atoms with Gasteiger partial charge in [-0.3, -0.25) is 9.36 Å². The van der Waals surface area contributed by atoms with E-state index in [-0.39, 0.29) is 17.6 Å². The number of para-hydroxylation sites is 2. The first-order valence-electron chi connectivity index (χ1n) is 9.98. The average Bonchev–Trinajstić information content (AvgIpc) is 3.24. The second kappa shape index (κ2) is 9.26. The van der Waals surface area contributed by atoms with Gasteiger partial charge in [0.1, 0.15) is 5.75 Å². The largest absolute Gasteiger partial charge is 0.493 e. The van der Waals surface area contributed by atoms with Gasteiger partial charge in [0.25, 0.3) is 5.91 Å². The fourth-order valence-electron chi connectivity index (χ4n) is 3.50. The summed E-state index contributed by atoms with van der Waals surface area (Å²) in [5.41, 5.74) is 1.99. The molecular formula is C23H23N3O4S. The Morgan fingerprint density at radius 1 is 1.19 bits per heavy atom. The summed E-state index contributed by atoms with van der Waals surface area (Å²) in [6.07, 6.45) is 3.06. The molecule has 0 saturated carbocycles.